The molecule has 0 fully saturated rings. The SMILES string of the molecule is CCC(=O)O[C@@H](C)c1ccc(Br)cc1. The molecule has 0 aliphatic rings. The van der Waals surface area contributed by atoms with Crippen LogP contribution in [-0.4, -0.2) is 5.97 Å². The summed E-state index contributed by atoms with van der Waals surface area (Å²) in [5.41, 5.74) is 1.01. The number of halogens is 1. The van der Waals surface area contributed by atoms with E-state index >= 15 is 0 Å². The lowest BCUT2D eigenvalue weighted by molar-refractivity contribution is -0.148. The molecule has 0 N–H and O–H groups in total. The van der Waals surface area contributed by atoms with E-state index in [-0.39, 0.29) is 12.1 Å². The van der Waals surface area contributed by atoms with Crippen LogP contribution < -0.4 is 0 Å². The van der Waals surface area contributed by atoms with Gasteiger partial charge >= 0.3 is 5.97 Å². The summed E-state index contributed by atoms with van der Waals surface area (Å²) in [5, 5.41) is 0. The molecular weight excluding hydrogens is 244 g/mol. The van der Waals surface area contributed by atoms with Gasteiger partial charge in [0.05, 0.1) is 0 Å². The van der Waals surface area contributed by atoms with Crippen LogP contribution in [0.4, 0.5) is 0 Å². The van der Waals surface area contributed by atoms with Crippen LogP contribution in [0.1, 0.15) is 31.9 Å². The molecule has 14 heavy (non-hydrogen) atoms. The monoisotopic (exact) mass is 256 g/mol. The molecule has 0 aliphatic carbocycles. The number of rotatable bonds is 3. The largest absolute Gasteiger partial charge is 0.458 e. The molecule has 0 radical (unpaired) electrons. The van der Waals surface area contributed by atoms with Gasteiger partial charge in [-0.15, -0.1) is 0 Å². The molecule has 0 bridgehead atoms. The fourth-order valence-corrected chi connectivity index (χ4v) is 1.35. The third-order valence-corrected chi connectivity index (χ3v) is 2.46. The van der Waals surface area contributed by atoms with Crippen molar-refractivity contribution in [3.63, 3.8) is 0 Å². The Morgan fingerprint density at radius 2 is 2.00 bits per heavy atom. The molecule has 3 heteroatoms. The van der Waals surface area contributed by atoms with Gasteiger partial charge in [-0.2, -0.15) is 0 Å². The normalized spacial score (nSPS) is 12.2. The average molecular weight is 257 g/mol. The van der Waals surface area contributed by atoms with Crippen LogP contribution in [0.5, 0.6) is 0 Å². The number of hydrogen-bond donors (Lipinski definition) is 0. The predicted molar refractivity (Wildman–Crippen MR) is 58.9 cm³/mol. The molecule has 0 amide bonds. The van der Waals surface area contributed by atoms with Crippen LogP contribution in [0.25, 0.3) is 0 Å². The molecule has 0 saturated heterocycles. The van der Waals surface area contributed by atoms with Gasteiger partial charge in [0, 0.05) is 10.9 Å². The van der Waals surface area contributed by atoms with Crippen molar-refractivity contribution in [3.05, 3.63) is 34.3 Å². The molecule has 1 aromatic rings. The first-order chi connectivity index (χ1) is 6.63. The second kappa shape index (κ2) is 5.15. The van der Waals surface area contributed by atoms with Crippen LogP contribution in [0.3, 0.4) is 0 Å². The standard InChI is InChI=1S/C11H13BrO2/c1-3-11(13)14-8(2)9-4-6-10(12)7-5-9/h4-8H,3H2,1-2H3/t8-/m0/s1. The summed E-state index contributed by atoms with van der Waals surface area (Å²) < 4.78 is 6.19. The second-order valence-electron chi connectivity index (χ2n) is 3.04. The van der Waals surface area contributed by atoms with Crippen molar-refractivity contribution in [2.24, 2.45) is 0 Å². The van der Waals surface area contributed by atoms with Gasteiger partial charge < -0.3 is 4.74 Å². The first-order valence-corrected chi connectivity index (χ1v) is 5.37. The lowest BCUT2D eigenvalue weighted by Crippen LogP contribution is -2.07. The summed E-state index contributed by atoms with van der Waals surface area (Å²) >= 11 is 3.35. The Balaban J connectivity index is 2.65. The maximum Gasteiger partial charge on any atom is 0.306 e. The van der Waals surface area contributed by atoms with Gasteiger partial charge in [-0.05, 0) is 24.6 Å². The minimum absolute atomic E-state index is 0.166. The summed E-state index contributed by atoms with van der Waals surface area (Å²) in [6.07, 6.45) is 0.247. The zero-order valence-electron chi connectivity index (χ0n) is 8.29. The molecule has 0 saturated carbocycles. The summed E-state index contributed by atoms with van der Waals surface area (Å²) in [4.78, 5) is 11.0. The van der Waals surface area contributed by atoms with Crippen LogP contribution in [0.15, 0.2) is 28.7 Å². The molecule has 0 spiro atoms. The van der Waals surface area contributed by atoms with E-state index in [9.17, 15) is 4.79 Å². The Morgan fingerprint density at radius 1 is 1.43 bits per heavy atom. The minimum atomic E-state index is -0.171. The quantitative estimate of drug-likeness (QED) is 0.775. The highest BCUT2D eigenvalue weighted by atomic mass is 79.9. The lowest BCUT2D eigenvalue weighted by Gasteiger charge is -2.12. The van der Waals surface area contributed by atoms with Crippen LogP contribution in [0, 0.1) is 0 Å². The zero-order chi connectivity index (χ0) is 10.6. The van der Waals surface area contributed by atoms with Gasteiger partial charge in [0.25, 0.3) is 0 Å². The van der Waals surface area contributed by atoms with E-state index in [0.717, 1.165) is 10.0 Å². The molecule has 0 unspecified atom stereocenters. The topological polar surface area (TPSA) is 26.3 Å². The van der Waals surface area contributed by atoms with Crippen molar-refractivity contribution in [1.82, 2.24) is 0 Å². The molecule has 1 atom stereocenters. The van der Waals surface area contributed by atoms with Gasteiger partial charge in [-0.3, -0.25) is 4.79 Å². The summed E-state index contributed by atoms with van der Waals surface area (Å²) in [7, 11) is 0. The van der Waals surface area contributed by atoms with Crippen molar-refractivity contribution in [2.75, 3.05) is 0 Å². The molecule has 1 rings (SSSR count). The first kappa shape index (κ1) is 11.2. The first-order valence-electron chi connectivity index (χ1n) is 4.58. The highest BCUT2D eigenvalue weighted by molar-refractivity contribution is 9.10. The van der Waals surface area contributed by atoms with E-state index in [1.807, 2.05) is 31.2 Å². The van der Waals surface area contributed by atoms with Crippen molar-refractivity contribution in [3.8, 4) is 0 Å². The van der Waals surface area contributed by atoms with Gasteiger partial charge in [0.15, 0.2) is 0 Å². The molecule has 76 valence electrons. The minimum Gasteiger partial charge on any atom is -0.458 e. The highest BCUT2D eigenvalue weighted by Crippen LogP contribution is 2.19. The number of benzene rings is 1. The molecular formula is C11H13BrO2. The summed E-state index contributed by atoms with van der Waals surface area (Å²) in [6.45, 7) is 3.66. The number of carbonyl (C=O) groups excluding carboxylic acids is 1. The van der Waals surface area contributed by atoms with E-state index in [0.29, 0.717) is 6.42 Å². The van der Waals surface area contributed by atoms with E-state index in [1.165, 1.54) is 0 Å². The van der Waals surface area contributed by atoms with Crippen molar-refractivity contribution in [1.29, 1.82) is 0 Å². The summed E-state index contributed by atoms with van der Waals surface area (Å²) in [5.74, 6) is -0.166. The number of hydrogen-bond acceptors (Lipinski definition) is 2. The molecule has 1 aromatic carbocycles. The van der Waals surface area contributed by atoms with E-state index in [2.05, 4.69) is 15.9 Å². The average Bonchev–Trinajstić information content (AvgIpc) is 2.18. The number of ether oxygens (including phenoxy) is 1. The lowest BCUT2D eigenvalue weighted by atomic mass is 10.1. The Hall–Kier alpha value is -0.830. The maximum atomic E-state index is 11.0. The zero-order valence-corrected chi connectivity index (χ0v) is 9.87. The number of carbonyl (C=O) groups is 1. The van der Waals surface area contributed by atoms with E-state index in [4.69, 9.17) is 4.74 Å². The third kappa shape index (κ3) is 3.14. The Morgan fingerprint density at radius 3 is 2.50 bits per heavy atom. The molecule has 2 nitrogen and oxygen atoms in total. The van der Waals surface area contributed by atoms with E-state index < -0.39 is 0 Å². The predicted octanol–water partition coefficient (Wildman–Crippen LogP) is 3.46. The maximum absolute atomic E-state index is 11.0. The van der Waals surface area contributed by atoms with Crippen molar-refractivity contribution >= 4 is 21.9 Å². The molecule has 0 aliphatic heterocycles. The second-order valence-corrected chi connectivity index (χ2v) is 3.95. The smallest absolute Gasteiger partial charge is 0.306 e. The van der Waals surface area contributed by atoms with Crippen molar-refractivity contribution in [2.45, 2.75) is 26.4 Å². The van der Waals surface area contributed by atoms with Gasteiger partial charge in [-0.1, -0.05) is 35.0 Å². The Bertz CT molecular complexity index is 306. The fraction of sp³-hybridized carbons (Fsp3) is 0.364. The third-order valence-electron chi connectivity index (χ3n) is 1.94. The number of esters is 1. The van der Waals surface area contributed by atoms with Gasteiger partial charge in [0.2, 0.25) is 0 Å². The van der Waals surface area contributed by atoms with Crippen LogP contribution >= 0.6 is 15.9 Å². The van der Waals surface area contributed by atoms with Gasteiger partial charge in [0.1, 0.15) is 6.10 Å². The van der Waals surface area contributed by atoms with Crippen LogP contribution in [0.2, 0.25) is 0 Å². The van der Waals surface area contributed by atoms with Gasteiger partial charge in [-0.25, -0.2) is 0 Å². The fourth-order valence-electron chi connectivity index (χ4n) is 1.08. The Kier molecular flexibility index (Phi) is 4.14. The Labute approximate surface area is 92.4 Å². The van der Waals surface area contributed by atoms with E-state index in [1.54, 1.807) is 6.92 Å². The highest BCUT2D eigenvalue weighted by Gasteiger charge is 2.09. The molecule has 0 heterocycles. The van der Waals surface area contributed by atoms with Crippen LogP contribution in [-0.2, 0) is 9.53 Å². The summed E-state index contributed by atoms with van der Waals surface area (Å²) in [6, 6.07) is 7.76. The molecule has 0 aromatic heterocycles. The van der Waals surface area contributed by atoms with Crippen molar-refractivity contribution < 1.29 is 9.53 Å².